The monoisotopic (exact) mass is 345 g/mol. The second kappa shape index (κ2) is 7.09. The summed E-state index contributed by atoms with van der Waals surface area (Å²) in [7, 11) is 0. The predicted octanol–water partition coefficient (Wildman–Crippen LogP) is 0.321. The Morgan fingerprint density at radius 1 is 1.24 bits per heavy atom. The Bertz CT molecular complexity index is 632. The second-order valence-electron chi connectivity index (χ2n) is 7.05. The third kappa shape index (κ3) is 3.39. The van der Waals surface area contributed by atoms with Gasteiger partial charge in [-0.3, -0.25) is 14.6 Å². The van der Waals surface area contributed by atoms with Gasteiger partial charge in [-0.15, -0.1) is 0 Å². The molecular formula is C18H23N3O4. The van der Waals surface area contributed by atoms with Gasteiger partial charge in [0.15, 0.2) is 0 Å². The summed E-state index contributed by atoms with van der Waals surface area (Å²) in [6, 6.07) is 3.39. The van der Waals surface area contributed by atoms with Crippen molar-refractivity contribution in [1.82, 2.24) is 15.2 Å². The highest BCUT2D eigenvalue weighted by molar-refractivity contribution is 5.93. The van der Waals surface area contributed by atoms with E-state index in [1.165, 1.54) is 0 Å². The molecule has 1 N–H and O–H groups in total. The Morgan fingerprint density at radius 2 is 2.08 bits per heavy atom. The van der Waals surface area contributed by atoms with E-state index in [4.69, 9.17) is 9.47 Å². The molecule has 2 amide bonds. The van der Waals surface area contributed by atoms with Crippen LogP contribution in [-0.4, -0.2) is 67.3 Å². The summed E-state index contributed by atoms with van der Waals surface area (Å²) < 4.78 is 11.2. The van der Waals surface area contributed by atoms with Gasteiger partial charge in [0.2, 0.25) is 5.91 Å². The fourth-order valence-electron chi connectivity index (χ4n) is 4.01. The number of pyridine rings is 1. The lowest BCUT2D eigenvalue weighted by Crippen LogP contribution is -2.38. The highest BCUT2D eigenvalue weighted by Gasteiger charge is 2.46. The average molecular weight is 345 g/mol. The van der Waals surface area contributed by atoms with Gasteiger partial charge in [0.05, 0.1) is 25.2 Å². The van der Waals surface area contributed by atoms with E-state index in [9.17, 15) is 9.59 Å². The van der Waals surface area contributed by atoms with Crippen LogP contribution in [-0.2, 0) is 14.3 Å². The molecule has 0 bridgehead atoms. The number of likely N-dealkylation sites (tertiary alicyclic amines) is 1. The van der Waals surface area contributed by atoms with Gasteiger partial charge in [0, 0.05) is 56.0 Å². The van der Waals surface area contributed by atoms with Crippen LogP contribution in [0.3, 0.4) is 0 Å². The zero-order valence-corrected chi connectivity index (χ0v) is 14.1. The maximum atomic E-state index is 12.6. The van der Waals surface area contributed by atoms with Crippen molar-refractivity contribution in [2.45, 2.75) is 12.5 Å². The summed E-state index contributed by atoms with van der Waals surface area (Å²) in [4.78, 5) is 30.6. The van der Waals surface area contributed by atoms with E-state index in [1.54, 1.807) is 24.5 Å². The molecule has 3 saturated heterocycles. The Balaban J connectivity index is 1.31. The zero-order valence-electron chi connectivity index (χ0n) is 14.1. The van der Waals surface area contributed by atoms with E-state index in [-0.39, 0.29) is 29.8 Å². The molecule has 0 saturated carbocycles. The van der Waals surface area contributed by atoms with Crippen molar-refractivity contribution in [3.63, 3.8) is 0 Å². The van der Waals surface area contributed by atoms with Gasteiger partial charge in [0.1, 0.15) is 0 Å². The molecule has 1 aromatic rings. The number of carbonyl (C=O) groups excluding carboxylic acids is 2. The predicted molar refractivity (Wildman–Crippen MR) is 88.8 cm³/mol. The van der Waals surface area contributed by atoms with Crippen LogP contribution in [0.15, 0.2) is 24.5 Å². The number of aromatic nitrogens is 1. The Morgan fingerprint density at radius 3 is 2.84 bits per heavy atom. The smallest absolute Gasteiger partial charge is 0.251 e. The maximum absolute atomic E-state index is 12.6. The summed E-state index contributed by atoms with van der Waals surface area (Å²) >= 11 is 0. The van der Waals surface area contributed by atoms with Crippen molar-refractivity contribution in [2.75, 3.05) is 39.5 Å². The molecule has 3 aliphatic heterocycles. The quantitative estimate of drug-likeness (QED) is 0.850. The summed E-state index contributed by atoms with van der Waals surface area (Å²) in [5.74, 6) is 0.635. The number of rotatable bonds is 4. The van der Waals surface area contributed by atoms with Crippen LogP contribution >= 0.6 is 0 Å². The molecule has 4 rings (SSSR count). The number of carbonyl (C=O) groups is 2. The zero-order chi connectivity index (χ0) is 17.2. The lowest BCUT2D eigenvalue weighted by Gasteiger charge is -2.22. The number of hydrogen-bond acceptors (Lipinski definition) is 5. The molecule has 3 aliphatic rings. The normalized spacial score (nSPS) is 31.1. The maximum Gasteiger partial charge on any atom is 0.251 e. The SMILES string of the molecule is O=C(NC[C@@H]1CO[C@@H]2CN(C(=O)[C@@H]3CCOC3)C[C@H]12)c1ccncc1. The first-order valence-corrected chi connectivity index (χ1v) is 8.88. The van der Waals surface area contributed by atoms with E-state index in [1.807, 2.05) is 4.90 Å². The highest BCUT2D eigenvalue weighted by Crippen LogP contribution is 2.34. The topological polar surface area (TPSA) is 80.8 Å². The van der Waals surface area contributed by atoms with E-state index in [0.29, 0.717) is 44.4 Å². The van der Waals surface area contributed by atoms with Gasteiger partial charge in [0.25, 0.3) is 5.91 Å². The van der Waals surface area contributed by atoms with Crippen LogP contribution in [0.25, 0.3) is 0 Å². The van der Waals surface area contributed by atoms with Crippen molar-refractivity contribution in [3.05, 3.63) is 30.1 Å². The Labute approximate surface area is 146 Å². The fraction of sp³-hybridized carbons (Fsp3) is 0.611. The minimum absolute atomic E-state index is 0.00340. The van der Waals surface area contributed by atoms with Crippen molar-refractivity contribution < 1.29 is 19.1 Å². The average Bonchev–Trinajstić information content (AvgIpc) is 3.37. The van der Waals surface area contributed by atoms with Gasteiger partial charge in [-0.05, 0) is 18.6 Å². The van der Waals surface area contributed by atoms with Crippen molar-refractivity contribution in [3.8, 4) is 0 Å². The van der Waals surface area contributed by atoms with Gasteiger partial charge < -0.3 is 19.7 Å². The Hall–Kier alpha value is -1.99. The van der Waals surface area contributed by atoms with Crippen molar-refractivity contribution in [1.29, 1.82) is 0 Å². The molecule has 3 fully saturated rings. The lowest BCUT2D eigenvalue weighted by molar-refractivity contribution is -0.135. The number of nitrogens with zero attached hydrogens (tertiary/aromatic N) is 2. The standard InChI is InChI=1S/C18H23N3O4/c22-17(12-1-4-19-5-2-12)20-7-14-11-25-16-9-21(8-15(14)16)18(23)13-3-6-24-10-13/h1-2,4-5,13-16H,3,6-11H2,(H,20,22)/t13-,14-,15-,16-/m1/s1. The van der Waals surface area contributed by atoms with Crippen LogP contribution < -0.4 is 5.32 Å². The molecule has 0 radical (unpaired) electrons. The van der Waals surface area contributed by atoms with Crippen LogP contribution in [0, 0.1) is 17.8 Å². The molecule has 0 aromatic carbocycles. The first-order valence-electron chi connectivity index (χ1n) is 8.88. The van der Waals surface area contributed by atoms with Crippen LogP contribution in [0.5, 0.6) is 0 Å². The summed E-state index contributed by atoms with van der Waals surface area (Å²) in [5.41, 5.74) is 0.606. The van der Waals surface area contributed by atoms with Crippen molar-refractivity contribution in [2.24, 2.45) is 17.8 Å². The first-order chi connectivity index (χ1) is 12.2. The molecule has 0 spiro atoms. The Kier molecular flexibility index (Phi) is 4.67. The molecule has 4 heterocycles. The molecule has 25 heavy (non-hydrogen) atoms. The van der Waals surface area contributed by atoms with E-state index >= 15 is 0 Å². The molecular weight excluding hydrogens is 322 g/mol. The third-order valence-corrected chi connectivity index (χ3v) is 5.50. The fourth-order valence-corrected chi connectivity index (χ4v) is 4.01. The summed E-state index contributed by atoms with van der Waals surface area (Å²) in [6.45, 7) is 3.80. The molecule has 1 aromatic heterocycles. The number of nitrogens with one attached hydrogen (secondary N) is 1. The molecule has 0 aliphatic carbocycles. The van der Waals surface area contributed by atoms with Crippen molar-refractivity contribution >= 4 is 11.8 Å². The first kappa shape index (κ1) is 16.5. The molecule has 4 atom stereocenters. The highest BCUT2D eigenvalue weighted by atomic mass is 16.5. The summed E-state index contributed by atoms with van der Waals surface area (Å²) in [5, 5.41) is 2.98. The number of hydrogen-bond donors (Lipinski definition) is 1. The van der Waals surface area contributed by atoms with Gasteiger partial charge >= 0.3 is 0 Å². The molecule has 0 unspecified atom stereocenters. The second-order valence-corrected chi connectivity index (χ2v) is 7.05. The van der Waals surface area contributed by atoms with Crippen LogP contribution in [0.1, 0.15) is 16.8 Å². The molecule has 7 heteroatoms. The van der Waals surface area contributed by atoms with Gasteiger partial charge in [-0.1, -0.05) is 0 Å². The summed E-state index contributed by atoms with van der Waals surface area (Å²) in [6.07, 6.45) is 4.12. The minimum Gasteiger partial charge on any atom is -0.381 e. The largest absolute Gasteiger partial charge is 0.381 e. The number of fused-ring (bicyclic) bond motifs is 1. The number of amides is 2. The van der Waals surface area contributed by atoms with E-state index < -0.39 is 0 Å². The van der Waals surface area contributed by atoms with Gasteiger partial charge in [-0.25, -0.2) is 0 Å². The van der Waals surface area contributed by atoms with E-state index in [2.05, 4.69) is 10.3 Å². The van der Waals surface area contributed by atoms with Crippen LogP contribution in [0.4, 0.5) is 0 Å². The minimum atomic E-state index is -0.0973. The van der Waals surface area contributed by atoms with Gasteiger partial charge in [-0.2, -0.15) is 0 Å². The molecule has 134 valence electrons. The third-order valence-electron chi connectivity index (χ3n) is 5.50. The van der Waals surface area contributed by atoms with Crippen LogP contribution in [0.2, 0.25) is 0 Å². The van der Waals surface area contributed by atoms with E-state index in [0.717, 1.165) is 13.0 Å². The number of ether oxygens (including phenoxy) is 2. The molecule has 7 nitrogen and oxygen atoms in total. The lowest BCUT2D eigenvalue weighted by atomic mass is 9.93.